The standard InChI is InChI=1S/C83H93F3N10O13S3/c1-50-40-60(83(84,85)86)46-61(41-50)89-79(107)95-65(43-52-22-10-6-11-23-52)75(103)92-67-48-111-112-49-69(77(105)93-68(72(87)100)47-110-82(57-25-12-7-13-26-57,58-27-14-8-15-28-58)59-29-16-9-17-30-59)94-78(106)71(51(2)97)96-74(102)64(32-20-21-39-88-80(108)109-81(3,4)5)90-76(104)66(44-55-36-35-54-24-18-19-31-63(54)55)91-73(101)56(45-70(67)99)42-53-33-37-62(98)38-34-53/h6-19,22-31,33-34,36-38,40-41,46,51,56,64-69,71,97-98H,20-21,32,35,39,42-45,47-49H2,1-5H3,(H2,87,100)(H,88,108)(H,90,104)(H,91,101)(H,92,103)(H,93,105)(H,94,106)(H,96,102)(H2,89,95,107)/t51-,56-,64+,65-,66-,67+,68+,69+,71+/m1/s1. The highest BCUT2D eigenvalue weighted by Gasteiger charge is 2.42. The van der Waals surface area contributed by atoms with Crippen molar-refractivity contribution in [3.63, 3.8) is 0 Å². The number of phenolic OH excluding ortho intramolecular Hbond substituents is 1. The number of aromatic hydroxyl groups is 1. The van der Waals surface area contributed by atoms with E-state index in [1.807, 2.05) is 115 Å². The first kappa shape index (κ1) is 85.4. The van der Waals surface area contributed by atoms with Crippen molar-refractivity contribution in [3.8, 4) is 5.75 Å². The number of allylic oxidation sites excluding steroid dienone is 1. The highest BCUT2D eigenvalue weighted by Crippen LogP contribution is 2.49. The van der Waals surface area contributed by atoms with Gasteiger partial charge >= 0.3 is 18.3 Å². The van der Waals surface area contributed by atoms with Crippen LogP contribution in [0.4, 0.5) is 28.4 Å². The summed E-state index contributed by atoms with van der Waals surface area (Å²) in [7, 11) is 1.82. The van der Waals surface area contributed by atoms with Gasteiger partial charge in [-0.15, -0.1) is 11.8 Å². The number of alkyl carbamates (subject to hydrolysis) is 1. The Kier molecular flexibility index (Phi) is 30.5. The number of benzene rings is 7. The number of aliphatic hydroxyl groups is 1. The molecule has 29 heteroatoms. The quantitative estimate of drug-likeness (QED) is 0.0144. The Morgan fingerprint density at radius 3 is 1.85 bits per heavy atom. The van der Waals surface area contributed by atoms with E-state index in [9.17, 15) is 37.8 Å². The molecule has 1 aliphatic carbocycles. The summed E-state index contributed by atoms with van der Waals surface area (Å²) in [6, 6.07) is 40.7. The molecule has 0 bridgehead atoms. The topological polar surface area (TPSA) is 355 Å². The summed E-state index contributed by atoms with van der Waals surface area (Å²) in [6.45, 7) is 7.76. The molecule has 2 aliphatic rings. The number of carbonyl (C=O) groups is 10. The summed E-state index contributed by atoms with van der Waals surface area (Å²) in [4.78, 5) is 148. The molecule has 1 heterocycles. The van der Waals surface area contributed by atoms with Crippen molar-refractivity contribution < 1.29 is 76.1 Å². The van der Waals surface area contributed by atoms with Gasteiger partial charge in [-0.2, -0.15) is 13.2 Å². The maximum absolute atomic E-state index is 15.6. The molecular weight excluding hydrogens is 1500 g/mol. The maximum atomic E-state index is 15.6. The SMILES string of the molecule is Cc1cc(NC(=O)N[C@H](Cc2ccccc2)C(=O)N[C@H]2CSSC[C@@H](C(=O)N[C@@H](CSC(c3ccccc3)(c3ccccc3)c3ccccc3)C(N)=O)NC(=O)[C@H]([C@@H](C)O)NC(=O)[C@H](CCCCNC(=O)OC(C)(C)C)NC(=O)[C@@H](CC3=CCc4ccccc43)NC(=O)[C@H](Cc3ccc(O)cc3)CC2=O)cc(C(F)(F)F)c1. The van der Waals surface area contributed by atoms with E-state index < -0.39 is 148 Å². The van der Waals surface area contributed by atoms with Crippen molar-refractivity contribution in [2.24, 2.45) is 11.7 Å². The van der Waals surface area contributed by atoms with Gasteiger partial charge in [-0.3, -0.25) is 38.4 Å². The van der Waals surface area contributed by atoms with Gasteiger partial charge in [0.2, 0.25) is 41.4 Å². The molecule has 23 nitrogen and oxygen atoms in total. The van der Waals surface area contributed by atoms with E-state index >= 15 is 33.6 Å². The van der Waals surface area contributed by atoms with Crippen LogP contribution in [0.1, 0.15) is 110 Å². The minimum Gasteiger partial charge on any atom is -0.508 e. The monoisotopic (exact) mass is 1590 g/mol. The van der Waals surface area contributed by atoms with Crippen LogP contribution in [0.15, 0.2) is 194 Å². The van der Waals surface area contributed by atoms with Crippen LogP contribution < -0.4 is 53.6 Å². The maximum Gasteiger partial charge on any atom is 0.416 e. The van der Waals surface area contributed by atoms with Crippen LogP contribution in [0.2, 0.25) is 0 Å². The molecule has 7 aromatic carbocycles. The number of rotatable bonds is 25. The number of fused-ring (bicyclic) bond motifs is 1. The van der Waals surface area contributed by atoms with Crippen LogP contribution in [0.5, 0.6) is 5.75 Å². The number of aryl methyl sites for hydroxylation is 1. The number of nitrogens with one attached hydrogen (secondary N) is 9. The van der Waals surface area contributed by atoms with Crippen LogP contribution in [0.3, 0.4) is 0 Å². The molecule has 0 radical (unpaired) electrons. The first-order chi connectivity index (χ1) is 53.4. The summed E-state index contributed by atoms with van der Waals surface area (Å²) < 4.78 is 46.5. The third-order valence-corrected chi connectivity index (χ3v) is 22.7. The zero-order valence-electron chi connectivity index (χ0n) is 62.5. The lowest BCUT2D eigenvalue weighted by molar-refractivity contribution is -0.137. The number of urea groups is 1. The van der Waals surface area contributed by atoms with E-state index in [0.717, 1.165) is 61.5 Å². The predicted molar refractivity (Wildman–Crippen MR) is 427 cm³/mol. The number of halogens is 3. The molecule has 0 spiro atoms. The van der Waals surface area contributed by atoms with Gasteiger partial charge in [0.1, 0.15) is 47.6 Å². The molecule has 9 rings (SSSR count). The summed E-state index contributed by atoms with van der Waals surface area (Å²) >= 11 is 1.31. The summed E-state index contributed by atoms with van der Waals surface area (Å²) in [5.74, 6) is -9.93. The van der Waals surface area contributed by atoms with Crippen LogP contribution >= 0.6 is 33.3 Å². The second kappa shape index (κ2) is 40.0. The fourth-order valence-electron chi connectivity index (χ4n) is 13.0. The Morgan fingerprint density at radius 1 is 0.652 bits per heavy atom. The van der Waals surface area contributed by atoms with Crippen molar-refractivity contribution in [3.05, 3.63) is 244 Å². The summed E-state index contributed by atoms with van der Waals surface area (Å²) in [5.41, 5.74) is 10.0. The average Bonchev–Trinajstić information content (AvgIpc) is 0.893. The lowest BCUT2D eigenvalue weighted by atomic mass is 9.84. The zero-order valence-corrected chi connectivity index (χ0v) is 64.9. The van der Waals surface area contributed by atoms with Crippen molar-refractivity contribution in [2.75, 3.05) is 29.1 Å². The summed E-state index contributed by atoms with van der Waals surface area (Å²) in [5, 5.41) is 46.0. The van der Waals surface area contributed by atoms with Gasteiger partial charge in [-0.1, -0.05) is 185 Å². The Bertz CT molecular complexity index is 4370. The average molecular weight is 1590 g/mol. The van der Waals surface area contributed by atoms with Crippen molar-refractivity contribution in [1.82, 2.24) is 42.5 Å². The van der Waals surface area contributed by atoms with E-state index in [4.69, 9.17) is 10.5 Å². The number of primary amides is 1. The highest BCUT2D eigenvalue weighted by atomic mass is 33.1. The van der Waals surface area contributed by atoms with Gasteiger partial charge in [0.15, 0.2) is 5.78 Å². The number of ketones is 1. The predicted octanol–water partition coefficient (Wildman–Crippen LogP) is 9.89. The smallest absolute Gasteiger partial charge is 0.416 e. The minimum absolute atomic E-state index is 0.0608. The van der Waals surface area contributed by atoms with Crippen LogP contribution in [-0.2, 0) is 73.3 Å². The Labute approximate surface area is 660 Å². The third kappa shape index (κ3) is 24.7. The molecule has 112 heavy (non-hydrogen) atoms. The first-order valence-electron chi connectivity index (χ1n) is 36.6. The van der Waals surface area contributed by atoms with Crippen molar-refractivity contribution >= 4 is 104 Å². The first-order valence-corrected chi connectivity index (χ1v) is 40.1. The second-order valence-electron chi connectivity index (χ2n) is 28.5. The van der Waals surface area contributed by atoms with E-state index in [-0.39, 0.29) is 73.6 Å². The third-order valence-electron chi connectivity index (χ3n) is 18.6. The van der Waals surface area contributed by atoms with E-state index in [2.05, 4.69) is 47.9 Å². The molecule has 9 atom stereocenters. The lowest BCUT2D eigenvalue weighted by Gasteiger charge is -2.36. The van der Waals surface area contributed by atoms with E-state index in [1.54, 1.807) is 57.2 Å². The number of amides is 10. The van der Waals surface area contributed by atoms with Gasteiger partial charge in [0.25, 0.3) is 0 Å². The number of hydrogen-bond donors (Lipinski definition) is 12. The molecule has 1 fully saturated rings. The number of thioether (sulfide) groups is 1. The van der Waals surface area contributed by atoms with Gasteiger partial charge in [0.05, 0.1) is 22.5 Å². The van der Waals surface area contributed by atoms with E-state index in [1.165, 1.54) is 55.9 Å². The molecule has 1 aliphatic heterocycles. The second-order valence-corrected chi connectivity index (χ2v) is 32.3. The van der Waals surface area contributed by atoms with Crippen LogP contribution in [0, 0.1) is 12.8 Å². The normalized spacial score (nSPS) is 19.1. The molecule has 0 unspecified atom stereocenters. The van der Waals surface area contributed by atoms with Gasteiger partial charge in [-0.05, 0) is 147 Å². The molecular formula is C83H93F3N10O13S3. The number of Topliss-reactive ketones (excluding diaryl/α,β-unsaturated/α-hetero) is 1. The number of anilines is 1. The number of carbonyl (C=O) groups excluding carboxylic acids is 10. The number of aliphatic hydroxyl groups excluding tert-OH is 1. The molecule has 592 valence electrons. The number of unbranched alkanes of at least 4 members (excludes halogenated alkanes) is 1. The molecule has 1 saturated heterocycles. The molecule has 7 aromatic rings. The van der Waals surface area contributed by atoms with Crippen LogP contribution in [-0.4, -0.2) is 147 Å². The van der Waals surface area contributed by atoms with Crippen molar-refractivity contribution in [2.45, 2.75) is 151 Å². The number of phenols is 1. The number of hydrogen-bond acceptors (Lipinski definition) is 16. The van der Waals surface area contributed by atoms with E-state index in [0.29, 0.717) is 23.1 Å². The number of alkyl halides is 3. The lowest BCUT2D eigenvalue weighted by Crippen LogP contribution is -2.62. The Hall–Kier alpha value is -10.6. The van der Waals surface area contributed by atoms with Gasteiger partial charge in [0, 0.05) is 54.7 Å². The molecule has 10 amide bonds. The zero-order chi connectivity index (χ0) is 80.7. The number of ether oxygens (including phenoxy) is 1. The largest absolute Gasteiger partial charge is 0.508 e. The minimum atomic E-state index is -4.78. The van der Waals surface area contributed by atoms with Gasteiger partial charge < -0.3 is 68.5 Å². The molecule has 0 aromatic heterocycles. The van der Waals surface area contributed by atoms with Gasteiger partial charge in [-0.25, -0.2) is 9.59 Å². The summed E-state index contributed by atoms with van der Waals surface area (Å²) in [6.07, 6.45) is -5.91. The Morgan fingerprint density at radius 2 is 1.24 bits per heavy atom. The fourth-order valence-corrected chi connectivity index (χ4v) is 17.0. The fraction of sp³-hybridized carbons (Fsp3) is 0.349. The Balaban J connectivity index is 1.10. The van der Waals surface area contributed by atoms with Crippen molar-refractivity contribution in [1.29, 1.82) is 0 Å². The number of nitrogens with two attached hydrogens (primary N) is 1. The molecule has 0 saturated carbocycles. The molecule has 13 N–H and O–H groups in total. The van der Waals surface area contributed by atoms with Crippen LogP contribution in [0.25, 0.3) is 5.57 Å². The highest BCUT2D eigenvalue weighted by molar-refractivity contribution is 8.76.